The van der Waals surface area contributed by atoms with E-state index in [1.807, 2.05) is 30.3 Å². The number of pyridine rings is 1. The molecule has 2 N–H and O–H groups in total. The number of nitrogens with zero attached hydrogens (tertiary/aromatic N) is 1. The summed E-state index contributed by atoms with van der Waals surface area (Å²) < 4.78 is 0. The summed E-state index contributed by atoms with van der Waals surface area (Å²) in [6.07, 6.45) is 3.21. The van der Waals surface area contributed by atoms with Crippen molar-refractivity contribution in [1.29, 1.82) is 0 Å². The third kappa shape index (κ3) is 4.54. The Balaban J connectivity index is 1.72. The van der Waals surface area contributed by atoms with Crippen molar-refractivity contribution in [3.63, 3.8) is 0 Å². The van der Waals surface area contributed by atoms with E-state index in [1.165, 1.54) is 6.20 Å². The predicted molar refractivity (Wildman–Crippen MR) is 107 cm³/mol. The average Bonchev–Trinajstić information content (AvgIpc) is 2.65. The van der Waals surface area contributed by atoms with Gasteiger partial charge in [0, 0.05) is 24.1 Å². The molecule has 1 unspecified atom stereocenters. The molecule has 0 aliphatic rings. The highest BCUT2D eigenvalue weighted by atomic mass is 35.5. The quantitative estimate of drug-likeness (QED) is 0.582. The largest absolute Gasteiger partial charge is 0.377 e. The van der Waals surface area contributed by atoms with Crippen LogP contribution < -0.4 is 10.6 Å². The van der Waals surface area contributed by atoms with E-state index in [4.69, 9.17) is 23.2 Å². The Labute approximate surface area is 162 Å². The van der Waals surface area contributed by atoms with Crippen LogP contribution >= 0.6 is 23.2 Å². The summed E-state index contributed by atoms with van der Waals surface area (Å²) in [6, 6.07) is 16.8. The molecule has 0 radical (unpaired) electrons. The van der Waals surface area contributed by atoms with Gasteiger partial charge in [0.05, 0.1) is 21.3 Å². The van der Waals surface area contributed by atoms with Gasteiger partial charge in [0.2, 0.25) is 0 Å². The second-order valence-electron chi connectivity index (χ2n) is 5.82. The van der Waals surface area contributed by atoms with E-state index >= 15 is 0 Å². The van der Waals surface area contributed by atoms with Crippen LogP contribution in [0.1, 0.15) is 28.9 Å². The molecule has 0 aliphatic heterocycles. The van der Waals surface area contributed by atoms with Gasteiger partial charge in [0.25, 0.3) is 5.91 Å². The Morgan fingerprint density at radius 2 is 1.73 bits per heavy atom. The van der Waals surface area contributed by atoms with Crippen LogP contribution in [0.4, 0.5) is 11.4 Å². The lowest BCUT2D eigenvalue weighted by atomic mass is 10.1. The Bertz CT molecular complexity index is 916. The van der Waals surface area contributed by atoms with Crippen LogP contribution in [-0.2, 0) is 0 Å². The molecule has 1 aromatic heterocycles. The number of amides is 1. The first-order chi connectivity index (χ1) is 12.5. The molecule has 3 rings (SSSR count). The molecule has 0 fully saturated rings. The molecule has 26 heavy (non-hydrogen) atoms. The Morgan fingerprint density at radius 3 is 2.46 bits per heavy atom. The fourth-order valence-electron chi connectivity index (χ4n) is 2.50. The summed E-state index contributed by atoms with van der Waals surface area (Å²) in [5, 5.41) is 6.96. The number of carbonyl (C=O) groups excluding carboxylic acids is 1. The summed E-state index contributed by atoms with van der Waals surface area (Å²) >= 11 is 11.9. The summed E-state index contributed by atoms with van der Waals surface area (Å²) in [5.41, 5.74) is 2.93. The topological polar surface area (TPSA) is 54.0 Å². The molecule has 0 aliphatic carbocycles. The fraction of sp³-hybridized carbons (Fsp3) is 0.100. The van der Waals surface area contributed by atoms with Gasteiger partial charge in [-0.15, -0.1) is 0 Å². The van der Waals surface area contributed by atoms with Crippen molar-refractivity contribution < 1.29 is 4.79 Å². The van der Waals surface area contributed by atoms with Crippen molar-refractivity contribution in [3.05, 3.63) is 88.2 Å². The number of anilines is 2. The van der Waals surface area contributed by atoms with E-state index in [1.54, 1.807) is 30.5 Å². The number of carbonyl (C=O) groups is 1. The smallest absolute Gasteiger partial charge is 0.257 e. The molecule has 132 valence electrons. The van der Waals surface area contributed by atoms with E-state index in [0.717, 1.165) is 11.3 Å². The summed E-state index contributed by atoms with van der Waals surface area (Å²) in [7, 11) is 0. The number of benzene rings is 2. The molecular weight excluding hydrogens is 369 g/mol. The van der Waals surface area contributed by atoms with Crippen LogP contribution in [0.25, 0.3) is 0 Å². The van der Waals surface area contributed by atoms with Gasteiger partial charge in [-0.05, 0) is 36.8 Å². The van der Waals surface area contributed by atoms with E-state index in [9.17, 15) is 4.79 Å². The molecule has 0 saturated carbocycles. The number of halogens is 2. The molecular formula is C20H17Cl2N3O. The van der Waals surface area contributed by atoms with Crippen molar-refractivity contribution in [3.8, 4) is 0 Å². The molecule has 2 aromatic carbocycles. The highest BCUT2D eigenvalue weighted by Crippen LogP contribution is 2.25. The minimum Gasteiger partial charge on any atom is -0.377 e. The minimum atomic E-state index is -0.271. The van der Waals surface area contributed by atoms with E-state index < -0.39 is 0 Å². The molecule has 0 saturated heterocycles. The van der Waals surface area contributed by atoms with Crippen molar-refractivity contribution in [2.45, 2.75) is 13.0 Å². The number of hydrogen-bond acceptors (Lipinski definition) is 3. The lowest BCUT2D eigenvalue weighted by Gasteiger charge is -2.16. The van der Waals surface area contributed by atoms with E-state index in [0.29, 0.717) is 21.3 Å². The molecule has 1 amide bonds. The Morgan fingerprint density at radius 1 is 0.962 bits per heavy atom. The number of rotatable bonds is 5. The molecule has 4 nitrogen and oxygen atoms in total. The van der Waals surface area contributed by atoms with Gasteiger partial charge < -0.3 is 10.6 Å². The van der Waals surface area contributed by atoms with Gasteiger partial charge >= 0.3 is 0 Å². The Kier molecular flexibility index (Phi) is 5.76. The molecule has 1 atom stereocenters. The lowest BCUT2D eigenvalue weighted by molar-refractivity contribution is 0.102. The third-order valence-electron chi connectivity index (χ3n) is 3.86. The first kappa shape index (κ1) is 18.2. The van der Waals surface area contributed by atoms with E-state index in [2.05, 4.69) is 22.5 Å². The maximum atomic E-state index is 12.5. The number of aromatic nitrogens is 1. The van der Waals surface area contributed by atoms with Crippen molar-refractivity contribution in [2.24, 2.45) is 0 Å². The van der Waals surface area contributed by atoms with Gasteiger partial charge in [0.15, 0.2) is 0 Å². The second-order valence-corrected chi connectivity index (χ2v) is 6.64. The van der Waals surface area contributed by atoms with Gasteiger partial charge in [-0.2, -0.15) is 0 Å². The zero-order chi connectivity index (χ0) is 18.5. The van der Waals surface area contributed by atoms with Crippen LogP contribution in [0.3, 0.4) is 0 Å². The second kappa shape index (κ2) is 8.21. The van der Waals surface area contributed by atoms with Crippen molar-refractivity contribution >= 4 is 40.5 Å². The Hall–Kier alpha value is -2.56. The first-order valence-corrected chi connectivity index (χ1v) is 8.81. The molecule has 0 bridgehead atoms. The maximum absolute atomic E-state index is 12.5. The first-order valence-electron chi connectivity index (χ1n) is 8.06. The molecule has 0 spiro atoms. The fourth-order valence-corrected chi connectivity index (χ4v) is 2.79. The van der Waals surface area contributed by atoms with Crippen LogP contribution in [0.15, 0.2) is 67.0 Å². The molecule has 6 heteroatoms. The SMILES string of the molecule is CC(Nc1cncc(C(=O)Nc2ccc(Cl)c(Cl)c2)c1)c1ccccc1. The highest BCUT2D eigenvalue weighted by Gasteiger charge is 2.10. The standard InChI is InChI=1S/C20H17Cl2N3O/c1-13(14-5-3-2-4-6-14)24-17-9-15(11-23-12-17)20(26)25-16-7-8-18(21)19(22)10-16/h2-13,24H,1H3,(H,25,26). The predicted octanol–water partition coefficient (Wildman–Crippen LogP) is 5.81. The highest BCUT2D eigenvalue weighted by molar-refractivity contribution is 6.42. The zero-order valence-electron chi connectivity index (χ0n) is 14.0. The van der Waals surface area contributed by atoms with Crippen molar-refractivity contribution in [1.82, 2.24) is 4.98 Å². The average molecular weight is 386 g/mol. The monoisotopic (exact) mass is 385 g/mol. The summed E-state index contributed by atoms with van der Waals surface area (Å²) in [5.74, 6) is -0.271. The van der Waals surface area contributed by atoms with Gasteiger partial charge in [-0.25, -0.2) is 0 Å². The summed E-state index contributed by atoms with van der Waals surface area (Å²) in [4.78, 5) is 16.6. The number of nitrogens with one attached hydrogen (secondary N) is 2. The van der Waals surface area contributed by atoms with Crippen LogP contribution in [0.2, 0.25) is 10.0 Å². The molecule has 1 heterocycles. The lowest BCUT2D eigenvalue weighted by Crippen LogP contribution is -2.13. The van der Waals surface area contributed by atoms with E-state index in [-0.39, 0.29) is 11.9 Å². The number of hydrogen-bond donors (Lipinski definition) is 2. The minimum absolute atomic E-state index is 0.0892. The van der Waals surface area contributed by atoms with Gasteiger partial charge in [0.1, 0.15) is 0 Å². The van der Waals surface area contributed by atoms with Crippen LogP contribution in [0, 0.1) is 0 Å². The normalized spacial score (nSPS) is 11.7. The zero-order valence-corrected chi connectivity index (χ0v) is 15.6. The molecule has 3 aromatic rings. The van der Waals surface area contributed by atoms with Gasteiger partial charge in [-0.3, -0.25) is 9.78 Å². The van der Waals surface area contributed by atoms with Crippen LogP contribution in [-0.4, -0.2) is 10.9 Å². The summed E-state index contributed by atoms with van der Waals surface area (Å²) in [6.45, 7) is 2.05. The van der Waals surface area contributed by atoms with Crippen LogP contribution in [0.5, 0.6) is 0 Å². The third-order valence-corrected chi connectivity index (χ3v) is 4.60. The van der Waals surface area contributed by atoms with Gasteiger partial charge in [-0.1, -0.05) is 53.5 Å². The van der Waals surface area contributed by atoms with Crippen molar-refractivity contribution in [2.75, 3.05) is 10.6 Å². The maximum Gasteiger partial charge on any atom is 0.257 e.